The fourth-order valence-corrected chi connectivity index (χ4v) is 5.87. The van der Waals surface area contributed by atoms with E-state index in [0.717, 1.165) is 80.7 Å². The third kappa shape index (κ3) is 9.36. The fraction of sp³-hybridized carbons (Fsp3) is 0.333. The Hall–Kier alpha value is -3.26. The average Bonchev–Trinajstić information content (AvgIpc) is 3.05. The molecule has 4 aromatic carbocycles. The minimum Gasteiger partial charge on any atom is -0.494 e. The second kappa shape index (κ2) is 17.8. The van der Waals surface area contributed by atoms with Crippen LogP contribution >= 0.6 is 24.1 Å². The second-order valence-corrected chi connectivity index (χ2v) is 11.7. The summed E-state index contributed by atoms with van der Waals surface area (Å²) >= 11 is 2.68. The van der Waals surface area contributed by atoms with Crippen LogP contribution in [0.1, 0.15) is 53.4 Å². The van der Waals surface area contributed by atoms with Gasteiger partial charge in [0.25, 0.3) is 0 Å². The summed E-state index contributed by atoms with van der Waals surface area (Å²) in [5, 5.41) is 0. The highest BCUT2D eigenvalue weighted by Crippen LogP contribution is 2.44. The number of ether oxygens (including phenoxy) is 4. The molecule has 0 unspecified atom stereocenters. The van der Waals surface area contributed by atoms with Crippen LogP contribution in [0.5, 0.6) is 23.0 Å². The van der Waals surface area contributed by atoms with Crippen LogP contribution in [0.15, 0.2) is 94.7 Å². The smallest absolute Gasteiger partial charge is 0.127 e. The standard InChI is InChI=1S/C36H42O5S2/c1-5-21-37-27-17-19-33(39-23-7-3)31(25-27)29-13-9-11-15-35(29)42-41-43-36-16-12-10-14-30(36)32-26-28(38-22-6-2)18-20-34(32)40-24-8-4/h9-20,25-26H,5-8,21-24H2,1-4H3. The summed E-state index contributed by atoms with van der Waals surface area (Å²) in [6.07, 6.45) is 3.76. The third-order valence-electron chi connectivity index (χ3n) is 6.37. The van der Waals surface area contributed by atoms with Crippen molar-refractivity contribution in [3.63, 3.8) is 0 Å². The summed E-state index contributed by atoms with van der Waals surface area (Å²) in [5.41, 5.74) is 4.04. The molecule has 0 radical (unpaired) electrons. The quantitative estimate of drug-likeness (QED) is 0.103. The largest absolute Gasteiger partial charge is 0.494 e. The van der Waals surface area contributed by atoms with Gasteiger partial charge in [0.2, 0.25) is 0 Å². The lowest BCUT2D eigenvalue weighted by Gasteiger charge is -2.17. The van der Waals surface area contributed by atoms with Crippen LogP contribution in [0.3, 0.4) is 0 Å². The highest BCUT2D eigenvalue weighted by atomic mass is 32.2. The lowest BCUT2D eigenvalue weighted by Crippen LogP contribution is -2.00. The van der Waals surface area contributed by atoms with E-state index in [0.29, 0.717) is 26.4 Å². The van der Waals surface area contributed by atoms with Crippen molar-refractivity contribution in [2.45, 2.75) is 63.2 Å². The third-order valence-corrected chi connectivity index (χ3v) is 7.99. The Morgan fingerprint density at radius 1 is 0.442 bits per heavy atom. The average molecular weight is 619 g/mol. The minimum atomic E-state index is 0.648. The van der Waals surface area contributed by atoms with Crippen molar-refractivity contribution in [1.82, 2.24) is 0 Å². The first-order chi connectivity index (χ1) is 21.2. The first kappa shape index (κ1) is 32.6. The molecule has 0 aliphatic rings. The molecule has 0 spiro atoms. The van der Waals surface area contributed by atoms with Gasteiger partial charge in [-0.15, -0.1) is 0 Å². The predicted octanol–water partition coefficient (Wildman–Crippen LogP) is 10.9. The molecule has 43 heavy (non-hydrogen) atoms. The summed E-state index contributed by atoms with van der Waals surface area (Å²) < 4.78 is 30.4. The first-order valence-corrected chi connectivity index (χ1v) is 16.7. The Labute approximate surface area is 265 Å². The fourth-order valence-electron chi connectivity index (χ4n) is 4.35. The zero-order valence-electron chi connectivity index (χ0n) is 25.6. The number of hydrogen-bond acceptors (Lipinski definition) is 7. The van der Waals surface area contributed by atoms with E-state index in [1.165, 1.54) is 24.1 Å². The van der Waals surface area contributed by atoms with Crippen LogP contribution < -0.4 is 18.9 Å². The van der Waals surface area contributed by atoms with Crippen LogP contribution in [0.25, 0.3) is 22.3 Å². The molecule has 0 aliphatic heterocycles. The molecule has 0 fully saturated rings. The van der Waals surface area contributed by atoms with Gasteiger partial charge in [0.1, 0.15) is 23.0 Å². The summed E-state index contributed by atoms with van der Waals surface area (Å²) in [4.78, 5) is 1.98. The van der Waals surface area contributed by atoms with Crippen molar-refractivity contribution < 1.29 is 22.6 Å². The molecular weight excluding hydrogens is 577 g/mol. The van der Waals surface area contributed by atoms with Crippen LogP contribution in [0, 0.1) is 0 Å². The number of benzene rings is 4. The molecule has 0 saturated carbocycles. The van der Waals surface area contributed by atoms with Gasteiger partial charge < -0.3 is 18.9 Å². The predicted molar refractivity (Wildman–Crippen MR) is 180 cm³/mol. The Morgan fingerprint density at radius 2 is 0.837 bits per heavy atom. The molecule has 5 nitrogen and oxygen atoms in total. The Bertz CT molecular complexity index is 1320. The van der Waals surface area contributed by atoms with E-state index < -0.39 is 0 Å². The maximum atomic E-state index is 6.25. The van der Waals surface area contributed by atoms with Crippen molar-refractivity contribution in [3.8, 4) is 45.3 Å². The molecule has 0 atom stereocenters. The van der Waals surface area contributed by atoms with E-state index in [1.54, 1.807) is 0 Å². The molecule has 0 aromatic heterocycles. The van der Waals surface area contributed by atoms with Gasteiger partial charge in [0, 0.05) is 56.1 Å². The molecule has 228 valence electrons. The molecule has 0 aliphatic carbocycles. The van der Waals surface area contributed by atoms with E-state index in [4.69, 9.17) is 22.6 Å². The zero-order chi connectivity index (χ0) is 30.3. The zero-order valence-corrected chi connectivity index (χ0v) is 27.2. The Kier molecular flexibility index (Phi) is 13.5. The summed E-state index contributed by atoms with van der Waals surface area (Å²) in [7, 11) is 0. The Balaban J connectivity index is 1.59. The summed E-state index contributed by atoms with van der Waals surface area (Å²) in [5.74, 6) is 3.33. The number of hydrogen-bond donors (Lipinski definition) is 0. The van der Waals surface area contributed by atoms with E-state index in [2.05, 4.69) is 64.1 Å². The van der Waals surface area contributed by atoms with Crippen LogP contribution in [0.4, 0.5) is 0 Å². The van der Waals surface area contributed by atoms with Gasteiger partial charge in [-0.3, -0.25) is 0 Å². The molecule has 4 rings (SSSR count). The van der Waals surface area contributed by atoms with Gasteiger partial charge in [-0.25, -0.2) is 3.63 Å². The molecule has 0 amide bonds. The van der Waals surface area contributed by atoms with Crippen molar-refractivity contribution in [2.75, 3.05) is 26.4 Å². The van der Waals surface area contributed by atoms with Gasteiger partial charge in [0.15, 0.2) is 0 Å². The van der Waals surface area contributed by atoms with Crippen LogP contribution in [-0.4, -0.2) is 26.4 Å². The topological polar surface area (TPSA) is 46.2 Å². The van der Waals surface area contributed by atoms with Crippen molar-refractivity contribution in [3.05, 3.63) is 84.9 Å². The lowest BCUT2D eigenvalue weighted by atomic mass is 10.0. The van der Waals surface area contributed by atoms with E-state index in [-0.39, 0.29) is 0 Å². The van der Waals surface area contributed by atoms with E-state index in [9.17, 15) is 0 Å². The van der Waals surface area contributed by atoms with Crippen LogP contribution in [-0.2, 0) is 3.63 Å². The highest BCUT2D eigenvalue weighted by molar-refractivity contribution is 8.08. The van der Waals surface area contributed by atoms with Gasteiger partial charge in [0.05, 0.1) is 26.4 Å². The minimum absolute atomic E-state index is 0.648. The van der Waals surface area contributed by atoms with Gasteiger partial charge in [-0.2, -0.15) is 0 Å². The lowest BCUT2D eigenvalue weighted by molar-refractivity contribution is 0.309. The highest BCUT2D eigenvalue weighted by Gasteiger charge is 2.16. The second-order valence-electron chi connectivity index (χ2n) is 9.94. The van der Waals surface area contributed by atoms with E-state index >= 15 is 0 Å². The SMILES string of the molecule is CCCOc1ccc(OCCC)c(-c2ccccc2SOSc2ccccc2-c2cc(OCCC)ccc2OCCC)c1. The molecule has 0 saturated heterocycles. The van der Waals surface area contributed by atoms with Crippen molar-refractivity contribution in [2.24, 2.45) is 0 Å². The van der Waals surface area contributed by atoms with Crippen LogP contribution in [0.2, 0.25) is 0 Å². The molecule has 4 aromatic rings. The van der Waals surface area contributed by atoms with Gasteiger partial charge in [-0.1, -0.05) is 64.1 Å². The molecule has 0 heterocycles. The maximum absolute atomic E-state index is 6.25. The summed E-state index contributed by atoms with van der Waals surface area (Å²) in [6.45, 7) is 11.1. The normalized spacial score (nSPS) is 10.9. The Morgan fingerprint density at radius 3 is 1.26 bits per heavy atom. The van der Waals surface area contributed by atoms with E-state index in [1.807, 2.05) is 48.5 Å². The monoisotopic (exact) mass is 618 g/mol. The molecular formula is C36H42O5S2. The van der Waals surface area contributed by atoms with Gasteiger partial charge >= 0.3 is 0 Å². The van der Waals surface area contributed by atoms with Gasteiger partial charge in [-0.05, 0) is 74.2 Å². The number of rotatable bonds is 18. The first-order valence-electron chi connectivity index (χ1n) is 15.2. The maximum Gasteiger partial charge on any atom is 0.127 e. The molecule has 0 N–H and O–H groups in total. The molecule has 7 heteroatoms. The van der Waals surface area contributed by atoms with Crippen molar-refractivity contribution >= 4 is 24.1 Å². The molecule has 0 bridgehead atoms. The summed E-state index contributed by atoms with van der Waals surface area (Å²) in [6, 6.07) is 28.5. The van der Waals surface area contributed by atoms with Crippen molar-refractivity contribution in [1.29, 1.82) is 0 Å².